The van der Waals surface area contributed by atoms with Gasteiger partial charge in [0.1, 0.15) is 12.4 Å². The highest BCUT2D eigenvalue weighted by molar-refractivity contribution is 6.32. The number of halogens is 1. The van der Waals surface area contributed by atoms with Gasteiger partial charge in [-0.3, -0.25) is 9.59 Å². The fourth-order valence-corrected chi connectivity index (χ4v) is 3.08. The molecule has 0 spiro atoms. The second-order valence-electron chi connectivity index (χ2n) is 5.75. The van der Waals surface area contributed by atoms with E-state index in [1.54, 1.807) is 13.0 Å². The van der Waals surface area contributed by atoms with E-state index >= 15 is 0 Å². The number of hydrogen-bond donors (Lipinski definition) is 2. The van der Waals surface area contributed by atoms with Crippen LogP contribution in [0.4, 0.5) is 0 Å². The largest absolute Gasteiger partial charge is 0.502 e. The van der Waals surface area contributed by atoms with Crippen molar-refractivity contribution in [2.75, 3.05) is 13.4 Å². The first-order valence-corrected chi connectivity index (χ1v) is 8.53. The maximum atomic E-state index is 12.1. The van der Waals surface area contributed by atoms with Crippen LogP contribution < -0.4 is 14.9 Å². The first-order chi connectivity index (χ1) is 12.9. The molecule has 2 N–H and O–H groups in total. The van der Waals surface area contributed by atoms with Crippen LogP contribution >= 0.6 is 11.6 Å². The number of fused-ring (bicyclic) bond motifs is 1. The van der Waals surface area contributed by atoms with E-state index in [9.17, 15) is 19.8 Å². The SMILES string of the molecule is CCOC(=O)C[C@H](c1cc(Cl)c2c(c1)OCO2)c1oc(CO)cc(=O)c1O. The number of carbonyl (C=O) groups is 1. The monoisotopic (exact) mass is 396 g/mol. The molecule has 1 atom stereocenters. The quantitative estimate of drug-likeness (QED) is 0.714. The summed E-state index contributed by atoms with van der Waals surface area (Å²) in [4.78, 5) is 24.1. The molecule has 1 aliphatic rings. The molecule has 0 saturated carbocycles. The maximum absolute atomic E-state index is 12.1. The van der Waals surface area contributed by atoms with E-state index in [2.05, 4.69) is 0 Å². The predicted molar refractivity (Wildman–Crippen MR) is 93.2 cm³/mol. The number of hydrogen-bond acceptors (Lipinski definition) is 8. The Morgan fingerprint density at radius 2 is 2.11 bits per heavy atom. The van der Waals surface area contributed by atoms with Gasteiger partial charge in [-0.2, -0.15) is 0 Å². The van der Waals surface area contributed by atoms with E-state index < -0.39 is 29.7 Å². The lowest BCUT2D eigenvalue weighted by atomic mass is 9.91. The fourth-order valence-electron chi connectivity index (χ4n) is 2.81. The van der Waals surface area contributed by atoms with E-state index in [-0.39, 0.29) is 36.4 Å². The van der Waals surface area contributed by atoms with Crippen LogP contribution in [0.25, 0.3) is 0 Å². The van der Waals surface area contributed by atoms with Gasteiger partial charge in [-0.1, -0.05) is 11.6 Å². The van der Waals surface area contributed by atoms with E-state index in [0.29, 0.717) is 17.1 Å². The lowest BCUT2D eigenvalue weighted by molar-refractivity contribution is -0.143. The molecule has 0 unspecified atom stereocenters. The summed E-state index contributed by atoms with van der Waals surface area (Å²) in [6.07, 6.45) is -0.227. The van der Waals surface area contributed by atoms with Gasteiger partial charge in [-0.15, -0.1) is 0 Å². The number of rotatable bonds is 6. The lowest BCUT2D eigenvalue weighted by Gasteiger charge is -2.18. The topological polar surface area (TPSA) is 115 Å². The molecule has 8 nitrogen and oxygen atoms in total. The highest BCUT2D eigenvalue weighted by Crippen LogP contribution is 2.44. The molecule has 1 aromatic carbocycles. The molecular weight excluding hydrogens is 380 g/mol. The van der Waals surface area contributed by atoms with Crippen LogP contribution in [0.3, 0.4) is 0 Å². The van der Waals surface area contributed by atoms with Crippen molar-refractivity contribution in [3.8, 4) is 17.2 Å². The van der Waals surface area contributed by atoms with Crippen molar-refractivity contribution >= 4 is 17.6 Å². The zero-order chi connectivity index (χ0) is 19.6. The van der Waals surface area contributed by atoms with Crippen molar-refractivity contribution in [1.29, 1.82) is 0 Å². The van der Waals surface area contributed by atoms with Gasteiger partial charge in [0, 0.05) is 6.07 Å². The third-order valence-corrected chi connectivity index (χ3v) is 4.28. The number of benzene rings is 1. The number of aliphatic hydroxyl groups is 1. The Hall–Kier alpha value is -2.71. The summed E-state index contributed by atoms with van der Waals surface area (Å²) < 4.78 is 21.1. The number of carbonyl (C=O) groups excluding carboxylic acids is 1. The van der Waals surface area contributed by atoms with Crippen LogP contribution in [-0.4, -0.2) is 29.6 Å². The fraction of sp³-hybridized carbons (Fsp3) is 0.333. The highest BCUT2D eigenvalue weighted by Gasteiger charge is 2.29. The van der Waals surface area contributed by atoms with Crippen LogP contribution in [0.15, 0.2) is 27.4 Å². The zero-order valence-electron chi connectivity index (χ0n) is 14.4. The molecule has 0 saturated heterocycles. The number of aliphatic hydroxyl groups excluding tert-OH is 1. The molecule has 2 heterocycles. The Bertz CT molecular complexity index is 920. The molecule has 0 amide bonds. The standard InChI is InChI=1S/C18H17ClO8/c1-2-24-15(22)6-11(17-16(23)13(21)5-10(7-20)27-17)9-3-12(19)18-14(4-9)25-8-26-18/h3-5,11,20,23H,2,6-8H2,1H3/t11-/m1/s1. The van der Waals surface area contributed by atoms with Crippen molar-refractivity contribution < 1.29 is 33.6 Å². The Kier molecular flexibility index (Phi) is 5.57. The van der Waals surface area contributed by atoms with Crippen molar-refractivity contribution in [3.05, 3.63) is 50.5 Å². The summed E-state index contributed by atoms with van der Waals surface area (Å²) in [5.41, 5.74) is -0.285. The summed E-state index contributed by atoms with van der Waals surface area (Å²) >= 11 is 6.22. The molecule has 0 bridgehead atoms. The van der Waals surface area contributed by atoms with Gasteiger partial charge in [-0.25, -0.2) is 0 Å². The van der Waals surface area contributed by atoms with Gasteiger partial charge in [0.25, 0.3) is 0 Å². The lowest BCUT2D eigenvalue weighted by Crippen LogP contribution is -2.15. The molecule has 2 aromatic rings. The zero-order valence-corrected chi connectivity index (χ0v) is 15.1. The minimum absolute atomic E-state index is 0.00137. The number of aromatic hydroxyl groups is 1. The summed E-state index contributed by atoms with van der Waals surface area (Å²) in [5, 5.41) is 19.8. The van der Waals surface area contributed by atoms with Gasteiger partial charge < -0.3 is 28.8 Å². The first-order valence-electron chi connectivity index (χ1n) is 8.16. The van der Waals surface area contributed by atoms with Crippen LogP contribution in [0, 0.1) is 0 Å². The van der Waals surface area contributed by atoms with Crippen molar-refractivity contribution in [2.45, 2.75) is 25.9 Å². The van der Waals surface area contributed by atoms with Crippen LogP contribution in [0.5, 0.6) is 17.2 Å². The third-order valence-electron chi connectivity index (χ3n) is 4.00. The second-order valence-corrected chi connectivity index (χ2v) is 6.15. The van der Waals surface area contributed by atoms with Crippen LogP contribution in [0.1, 0.15) is 36.3 Å². The maximum Gasteiger partial charge on any atom is 0.306 e. The van der Waals surface area contributed by atoms with E-state index in [1.807, 2.05) is 0 Å². The molecule has 1 aliphatic heterocycles. The van der Waals surface area contributed by atoms with Crippen LogP contribution in [-0.2, 0) is 16.1 Å². The summed E-state index contributed by atoms with van der Waals surface area (Å²) in [6, 6.07) is 4.10. The Morgan fingerprint density at radius 1 is 1.33 bits per heavy atom. The van der Waals surface area contributed by atoms with Gasteiger partial charge in [0.05, 0.1) is 24.0 Å². The predicted octanol–water partition coefficient (Wildman–Crippen LogP) is 2.30. The third kappa shape index (κ3) is 3.86. The first kappa shape index (κ1) is 19.1. The Balaban J connectivity index is 2.13. The van der Waals surface area contributed by atoms with Crippen LogP contribution in [0.2, 0.25) is 5.02 Å². The Morgan fingerprint density at radius 3 is 2.81 bits per heavy atom. The van der Waals surface area contributed by atoms with Crippen molar-refractivity contribution in [3.63, 3.8) is 0 Å². The summed E-state index contributed by atoms with van der Waals surface area (Å²) in [7, 11) is 0. The molecule has 27 heavy (non-hydrogen) atoms. The van der Waals surface area contributed by atoms with Gasteiger partial charge in [0.15, 0.2) is 17.3 Å². The smallest absolute Gasteiger partial charge is 0.306 e. The normalized spacial score (nSPS) is 13.4. The van der Waals surface area contributed by atoms with E-state index in [4.69, 9.17) is 30.2 Å². The van der Waals surface area contributed by atoms with Gasteiger partial charge in [-0.05, 0) is 24.6 Å². The minimum Gasteiger partial charge on any atom is -0.502 e. The molecule has 1 aromatic heterocycles. The molecule has 0 aliphatic carbocycles. The average Bonchev–Trinajstić information content (AvgIpc) is 3.11. The highest BCUT2D eigenvalue weighted by atomic mass is 35.5. The molecule has 9 heteroatoms. The molecule has 144 valence electrons. The summed E-state index contributed by atoms with van der Waals surface area (Å²) in [5.74, 6) is -1.60. The minimum atomic E-state index is -0.893. The van der Waals surface area contributed by atoms with Gasteiger partial charge >= 0.3 is 5.97 Å². The number of esters is 1. The molecule has 3 rings (SSSR count). The van der Waals surface area contributed by atoms with Crippen molar-refractivity contribution in [1.82, 2.24) is 0 Å². The van der Waals surface area contributed by atoms with E-state index in [1.165, 1.54) is 6.07 Å². The number of ether oxygens (including phenoxy) is 3. The van der Waals surface area contributed by atoms with E-state index in [0.717, 1.165) is 6.07 Å². The average molecular weight is 397 g/mol. The molecule has 0 fully saturated rings. The molecular formula is C18H17ClO8. The van der Waals surface area contributed by atoms with Crippen molar-refractivity contribution in [2.24, 2.45) is 0 Å². The second kappa shape index (κ2) is 7.89. The Labute approximate surface area is 158 Å². The molecule has 0 radical (unpaired) electrons. The summed E-state index contributed by atoms with van der Waals surface area (Å²) in [6.45, 7) is 1.28. The van der Waals surface area contributed by atoms with Gasteiger partial charge in [0.2, 0.25) is 18.0 Å².